The largest absolute Gasteiger partial charge is 0.483 e. The van der Waals surface area contributed by atoms with Gasteiger partial charge in [-0.1, -0.05) is 6.07 Å². The zero-order valence-electron chi connectivity index (χ0n) is 12.9. The first-order chi connectivity index (χ1) is 11.3. The summed E-state index contributed by atoms with van der Waals surface area (Å²) < 4.78 is 10.7. The van der Waals surface area contributed by atoms with Crippen LogP contribution in [0.25, 0.3) is 0 Å². The van der Waals surface area contributed by atoms with Crippen molar-refractivity contribution in [1.82, 2.24) is 0 Å². The number of rotatable bonds is 5. The molecule has 126 valence electrons. The van der Waals surface area contributed by atoms with Crippen molar-refractivity contribution in [3.8, 4) is 5.75 Å². The molecule has 0 saturated heterocycles. The fraction of sp³-hybridized carbons (Fsp3) is 0.133. The molecule has 1 aromatic carbocycles. The van der Waals surface area contributed by atoms with Crippen LogP contribution in [0.15, 0.2) is 44.7 Å². The standard InChI is InChI=1S/C15H17N5O4/c1-8-2-4-11(10(6-8)19-15(18)20-14(16)17)23-7-9-3-5-12(24-9)13(21)22/h2-6H,7H2,1H3,(H,21,22)(H6,16,17,18,19,20). The van der Waals surface area contributed by atoms with Gasteiger partial charge in [-0.05, 0) is 36.8 Å². The average Bonchev–Trinajstić information content (AvgIpc) is 2.94. The Balaban J connectivity index is 2.20. The molecule has 0 atom stereocenters. The molecule has 0 aliphatic rings. The van der Waals surface area contributed by atoms with Gasteiger partial charge in [0.2, 0.25) is 11.7 Å². The van der Waals surface area contributed by atoms with E-state index >= 15 is 0 Å². The van der Waals surface area contributed by atoms with Gasteiger partial charge in [-0.3, -0.25) is 0 Å². The zero-order chi connectivity index (χ0) is 17.7. The Morgan fingerprint density at radius 3 is 2.62 bits per heavy atom. The molecule has 9 heteroatoms. The highest BCUT2D eigenvalue weighted by atomic mass is 16.5. The van der Waals surface area contributed by atoms with Crippen LogP contribution in [0.2, 0.25) is 0 Å². The van der Waals surface area contributed by atoms with E-state index < -0.39 is 5.97 Å². The molecule has 2 aromatic rings. The molecular formula is C15H17N5O4. The van der Waals surface area contributed by atoms with Crippen molar-refractivity contribution in [2.45, 2.75) is 13.5 Å². The van der Waals surface area contributed by atoms with Crippen LogP contribution in [0.5, 0.6) is 5.75 Å². The van der Waals surface area contributed by atoms with Crippen molar-refractivity contribution in [3.63, 3.8) is 0 Å². The Morgan fingerprint density at radius 2 is 2.00 bits per heavy atom. The van der Waals surface area contributed by atoms with Crippen molar-refractivity contribution in [2.75, 3.05) is 0 Å². The molecule has 0 unspecified atom stereocenters. The van der Waals surface area contributed by atoms with E-state index in [1.807, 2.05) is 13.0 Å². The molecular weight excluding hydrogens is 314 g/mol. The highest BCUT2D eigenvalue weighted by Gasteiger charge is 2.10. The second kappa shape index (κ2) is 7.18. The number of hydrogen-bond donors (Lipinski definition) is 4. The minimum absolute atomic E-state index is 0.0288. The summed E-state index contributed by atoms with van der Waals surface area (Å²) in [5.74, 6) is -0.845. The summed E-state index contributed by atoms with van der Waals surface area (Å²) in [7, 11) is 0. The maximum absolute atomic E-state index is 10.8. The lowest BCUT2D eigenvalue weighted by Crippen LogP contribution is -2.26. The molecule has 1 aromatic heterocycles. The third-order valence-electron chi connectivity index (χ3n) is 2.84. The quantitative estimate of drug-likeness (QED) is 0.470. The second-order valence-corrected chi connectivity index (χ2v) is 4.84. The lowest BCUT2D eigenvalue weighted by Gasteiger charge is -2.08. The van der Waals surface area contributed by atoms with Gasteiger partial charge in [0.25, 0.3) is 0 Å². The first-order valence-corrected chi connectivity index (χ1v) is 6.84. The number of guanidine groups is 2. The molecule has 0 aliphatic carbocycles. The van der Waals surface area contributed by atoms with Gasteiger partial charge in [-0.2, -0.15) is 4.99 Å². The number of aliphatic imine (C=N–C) groups is 2. The number of benzene rings is 1. The minimum atomic E-state index is -1.15. The lowest BCUT2D eigenvalue weighted by atomic mass is 10.2. The van der Waals surface area contributed by atoms with Crippen molar-refractivity contribution in [3.05, 3.63) is 47.4 Å². The van der Waals surface area contributed by atoms with Gasteiger partial charge in [0.15, 0.2) is 5.96 Å². The Kier molecular flexibility index (Phi) is 5.05. The third-order valence-corrected chi connectivity index (χ3v) is 2.84. The van der Waals surface area contributed by atoms with Crippen LogP contribution in [-0.4, -0.2) is 23.0 Å². The van der Waals surface area contributed by atoms with E-state index in [0.717, 1.165) is 5.56 Å². The zero-order valence-corrected chi connectivity index (χ0v) is 12.9. The van der Waals surface area contributed by atoms with E-state index in [1.54, 1.807) is 12.1 Å². The maximum atomic E-state index is 10.8. The molecule has 0 amide bonds. The number of aryl methyl sites for hydroxylation is 1. The normalized spacial score (nSPS) is 11.1. The fourth-order valence-electron chi connectivity index (χ4n) is 1.84. The number of aromatic carboxylic acids is 1. The summed E-state index contributed by atoms with van der Waals surface area (Å²) in [5, 5.41) is 8.83. The van der Waals surface area contributed by atoms with Crippen molar-refractivity contribution in [1.29, 1.82) is 0 Å². The number of nitrogens with zero attached hydrogens (tertiary/aromatic N) is 2. The summed E-state index contributed by atoms with van der Waals surface area (Å²) in [6, 6.07) is 8.16. The van der Waals surface area contributed by atoms with E-state index in [-0.39, 0.29) is 24.3 Å². The van der Waals surface area contributed by atoms with E-state index in [1.165, 1.54) is 12.1 Å². The molecule has 0 aliphatic heterocycles. The number of carboxylic acid groups (broad SMARTS) is 1. The highest BCUT2D eigenvalue weighted by Crippen LogP contribution is 2.29. The predicted molar refractivity (Wildman–Crippen MR) is 88.3 cm³/mol. The van der Waals surface area contributed by atoms with Crippen molar-refractivity contribution >= 4 is 23.6 Å². The molecule has 9 nitrogen and oxygen atoms in total. The summed E-state index contributed by atoms with van der Waals surface area (Å²) in [6.45, 7) is 1.91. The molecule has 2 rings (SSSR count). The lowest BCUT2D eigenvalue weighted by molar-refractivity contribution is 0.0658. The van der Waals surface area contributed by atoms with E-state index in [0.29, 0.717) is 17.2 Å². The smallest absolute Gasteiger partial charge is 0.371 e. The molecule has 24 heavy (non-hydrogen) atoms. The van der Waals surface area contributed by atoms with Crippen LogP contribution < -0.4 is 21.9 Å². The number of hydrogen-bond acceptors (Lipinski definition) is 4. The summed E-state index contributed by atoms with van der Waals surface area (Å²) in [4.78, 5) is 18.5. The number of carbonyl (C=O) groups is 1. The fourth-order valence-corrected chi connectivity index (χ4v) is 1.84. The SMILES string of the molecule is Cc1ccc(OCc2ccc(C(=O)O)o2)c(N=C(N)N=C(N)N)c1. The van der Waals surface area contributed by atoms with Gasteiger partial charge in [0.1, 0.15) is 23.8 Å². The first-order valence-electron chi connectivity index (χ1n) is 6.84. The van der Waals surface area contributed by atoms with Gasteiger partial charge < -0.3 is 31.5 Å². The number of carboxylic acids is 1. The van der Waals surface area contributed by atoms with E-state index in [9.17, 15) is 4.79 Å². The topological polar surface area (TPSA) is 162 Å². The number of furan rings is 1. The van der Waals surface area contributed by atoms with E-state index in [4.69, 9.17) is 31.5 Å². The van der Waals surface area contributed by atoms with Gasteiger partial charge >= 0.3 is 5.97 Å². The molecule has 0 fully saturated rings. The van der Waals surface area contributed by atoms with Crippen LogP contribution >= 0.6 is 0 Å². The molecule has 1 heterocycles. The second-order valence-electron chi connectivity index (χ2n) is 4.84. The van der Waals surface area contributed by atoms with Crippen LogP contribution in [0, 0.1) is 6.92 Å². The van der Waals surface area contributed by atoms with Gasteiger partial charge in [0.05, 0.1) is 0 Å². The van der Waals surface area contributed by atoms with Crippen molar-refractivity contribution in [2.24, 2.45) is 27.2 Å². The predicted octanol–water partition coefficient (Wildman–Crippen LogP) is 1.08. The molecule has 0 spiro atoms. The van der Waals surface area contributed by atoms with Crippen LogP contribution in [0.1, 0.15) is 21.9 Å². The third kappa shape index (κ3) is 4.50. The minimum Gasteiger partial charge on any atom is -0.483 e. The van der Waals surface area contributed by atoms with Gasteiger partial charge in [-0.15, -0.1) is 0 Å². The Bertz CT molecular complexity index is 806. The summed E-state index contributed by atoms with van der Waals surface area (Å²) in [6.07, 6.45) is 0. The van der Waals surface area contributed by atoms with Crippen LogP contribution in [0.4, 0.5) is 5.69 Å². The van der Waals surface area contributed by atoms with Gasteiger partial charge in [-0.25, -0.2) is 9.79 Å². The molecule has 0 radical (unpaired) electrons. The van der Waals surface area contributed by atoms with Crippen LogP contribution in [-0.2, 0) is 6.61 Å². The monoisotopic (exact) mass is 331 g/mol. The number of ether oxygens (including phenoxy) is 1. The van der Waals surface area contributed by atoms with Gasteiger partial charge in [0, 0.05) is 0 Å². The highest BCUT2D eigenvalue weighted by molar-refractivity contribution is 5.93. The van der Waals surface area contributed by atoms with Crippen LogP contribution in [0.3, 0.4) is 0 Å². The Hall–Kier alpha value is -3.49. The maximum Gasteiger partial charge on any atom is 0.371 e. The Labute approximate surface area is 137 Å². The Morgan fingerprint density at radius 1 is 1.25 bits per heavy atom. The first kappa shape index (κ1) is 16.9. The summed E-state index contributed by atoms with van der Waals surface area (Å²) in [5.41, 5.74) is 17.5. The van der Waals surface area contributed by atoms with Crippen molar-refractivity contribution < 1.29 is 19.1 Å². The summed E-state index contributed by atoms with van der Waals surface area (Å²) >= 11 is 0. The molecule has 7 N–H and O–H groups in total. The molecule has 0 saturated carbocycles. The molecule has 0 bridgehead atoms. The van der Waals surface area contributed by atoms with E-state index in [2.05, 4.69) is 9.98 Å². The number of nitrogens with two attached hydrogens (primary N) is 3. The average molecular weight is 331 g/mol.